The molecule has 1 aromatic carbocycles. The fourth-order valence-corrected chi connectivity index (χ4v) is 6.08. The van der Waals surface area contributed by atoms with E-state index in [1.807, 2.05) is 18.4 Å². The van der Waals surface area contributed by atoms with E-state index in [1.165, 1.54) is 6.42 Å². The number of ketones is 1. The van der Waals surface area contributed by atoms with Crippen molar-refractivity contribution in [3.63, 3.8) is 0 Å². The summed E-state index contributed by atoms with van der Waals surface area (Å²) in [6, 6.07) is 6.67. The van der Waals surface area contributed by atoms with E-state index in [0.717, 1.165) is 25.7 Å². The van der Waals surface area contributed by atoms with Crippen molar-refractivity contribution < 1.29 is 19.1 Å². The van der Waals surface area contributed by atoms with E-state index in [-0.39, 0.29) is 35.6 Å². The van der Waals surface area contributed by atoms with E-state index in [4.69, 9.17) is 10.5 Å². The van der Waals surface area contributed by atoms with Gasteiger partial charge < -0.3 is 15.4 Å². The normalized spacial score (nSPS) is 28.4. The van der Waals surface area contributed by atoms with Crippen LogP contribution in [0.25, 0.3) is 0 Å². The Morgan fingerprint density at radius 3 is 2.62 bits per heavy atom. The lowest BCUT2D eigenvalue weighted by Crippen LogP contribution is -2.46. The van der Waals surface area contributed by atoms with E-state index < -0.39 is 17.9 Å². The first-order valence-electron chi connectivity index (χ1n) is 10.4. The molecule has 0 aromatic heterocycles. The molecule has 0 unspecified atom stereocenters. The van der Waals surface area contributed by atoms with Gasteiger partial charge in [-0.1, -0.05) is 37.5 Å². The molecule has 0 bridgehead atoms. The number of hydrogen-bond donors (Lipinski definition) is 1. The van der Waals surface area contributed by atoms with Crippen LogP contribution in [0.3, 0.4) is 0 Å². The summed E-state index contributed by atoms with van der Waals surface area (Å²) < 4.78 is 5.73. The van der Waals surface area contributed by atoms with Crippen molar-refractivity contribution in [1.29, 1.82) is 0 Å². The average Bonchev–Trinajstić information content (AvgIpc) is 3.30. The molecule has 2 heterocycles. The lowest BCUT2D eigenvalue weighted by molar-refractivity contribution is -0.139. The molecular weight excluding hydrogens is 388 g/mol. The van der Waals surface area contributed by atoms with Gasteiger partial charge in [0.1, 0.15) is 12.6 Å². The number of nitrogens with zero attached hydrogens (tertiary/aromatic N) is 1. The van der Waals surface area contributed by atoms with Gasteiger partial charge in [-0.25, -0.2) is 0 Å². The van der Waals surface area contributed by atoms with Crippen LogP contribution in [0.15, 0.2) is 24.3 Å². The van der Waals surface area contributed by atoms with E-state index in [9.17, 15) is 14.4 Å². The van der Waals surface area contributed by atoms with Gasteiger partial charge >= 0.3 is 0 Å². The van der Waals surface area contributed by atoms with Gasteiger partial charge in [0.2, 0.25) is 11.8 Å². The summed E-state index contributed by atoms with van der Waals surface area (Å²) in [7, 11) is 0. The molecule has 1 aliphatic carbocycles. The molecule has 156 valence electrons. The van der Waals surface area contributed by atoms with Crippen LogP contribution in [0.1, 0.15) is 53.9 Å². The number of rotatable bonds is 5. The van der Waals surface area contributed by atoms with Crippen molar-refractivity contribution in [2.24, 2.45) is 11.7 Å². The summed E-state index contributed by atoms with van der Waals surface area (Å²) in [6.07, 6.45) is 6.97. The Morgan fingerprint density at radius 1 is 1.21 bits per heavy atom. The average molecular weight is 417 g/mol. The van der Waals surface area contributed by atoms with Crippen LogP contribution >= 0.6 is 11.8 Å². The standard InChI is InChI=1S/C22H28N2O4S/c1-29-17-11-24(19-16(25)12-28-20(17)19)22(27)18(13-7-3-2-4-8-13)14-9-5-6-10-15(14)21(23)26/h5-6,9-10,13,17-20H,2-4,7-8,11-12H2,1H3,(H2,23,26)/t17-,18-,19+,20+/m0/s1. The van der Waals surface area contributed by atoms with E-state index in [1.54, 1.807) is 28.8 Å². The highest BCUT2D eigenvalue weighted by Gasteiger charge is 2.53. The van der Waals surface area contributed by atoms with Crippen molar-refractivity contribution in [3.8, 4) is 0 Å². The fraction of sp³-hybridized carbons (Fsp3) is 0.591. The molecule has 7 heteroatoms. The largest absolute Gasteiger partial charge is 0.367 e. The number of ether oxygens (including phenoxy) is 1. The van der Waals surface area contributed by atoms with Gasteiger partial charge in [-0.3, -0.25) is 14.4 Å². The third-order valence-corrected chi connectivity index (χ3v) is 7.70. The number of primary amides is 1. The second-order valence-corrected chi connectivity index (χ2v) is 9.36. The number of Topliss-reactive ketones (excluding diaryl/α,β-unsaturated/α-hetero) is 1. The highest BCUT2D eigenvalue weighted by molar-refractivity contribution is 7.99. The minimum absolute atomic E-state index is 0.0227. The van der Waals surface area contributed by atoms with Crippen LogP contribution in [0.4, 0.5) is 0 Å². The maximum atomic E-state index is 13.9. The molecule has 0 radical (unpaired) electrons. The van der Waals surface area contributed by atoms with Crippen LogP contribution in [0.2, 0.25) is 0 Å². The molecule has 6 nitrogen and oxygen atoms in total. The topological polar surface area (TPSA) is 89.7 Å². The molecule has 4 atom stereocenters. The number of nitrogens with two attached hydrogens (primary N) is 1. The third-order valence-electron chi connectivity index (χ3n) is 6.67. The molecule has 2 aliphatic heterocycles. The number of likely N-dealkylation sites (tertiary alicyclic amines) is 1. The van der Waals surface area contributed by atoms with Gasteiger partial charge in [0, 0.05) is 12.1 Å². The number of thioether (sulfide) groups is 1. The molecule has 0 spiro atoms. The Bertz CT molecular complexity index is 808. The summed E-state index contributed by atoms with van der Waals surface area (Å²) in [5.41, 5.74) is 6.75. The van der Waals surface area contributed by atoms with Gasteiger partial charge in [-0.15, -0.1) is 0 Å². The number of hydrogen-bond acceptors (Lipinski definition) is 5. The smallest absolute Gasteiger partial charge is 0.249 e. The monoisotopic (exact) mass is 416 g/mol. The molecule has 3 aliphatic rings. The van der Waals surface area contributed by atoms with Crippen LogP contribution in [-0.2, 0) is 14.3 Å². The Hall–Kier alpha value is -1.86. The molecule has 3 fully saturated rings. The molecule has 4 rings (SSSR count). The summed E-state index contributed by atoms with van der Waals surface area (Å²) in [6.45, 7) is 0.575. The van der Waals surface area contributed by atoms with Crippen LogP contribution in [-0.4, -0.2) is 59.3 Å². The van der Waals surface area contributed by atoms with Gasteiger partial charge in [0.25, 0.3) is 0 Å². The first kappa shape index (κ1) is 20.4. The Kier molecular flexibility index (Phi) is 5.97. The lowest BCUT2D eigenvalue weighted by atomic mass is 9.74. The molecule has 1 aromatic rings. The summed E-state index contributed by atoms with van der Waals surface area (Å²) in [4.78, 5) is 40.3. The maximum absolute atomic E-state index is 13.9. The molecule has 2 N–H and O–H groups in total. The minimum Gasteiger partial charge on any atom is -0.367 e. The predicted molar refractivity (Wildman–Crippen MR) is 112 cm³/mol. The first-order valence-corrected chi connectivity index (χ1v) is 11.7. The molecule has 2 amide bonds. The zero-order valence-electron chi connectivity index (χ0n) is 16.7. The van der Waals surface area contributed by atoms with Crippen LogP contribution in [0, 0.1) is 5.92 Å². The molecule has 1 saturated carbocycles. The molecule has 29 heavy (non-hydrogen) atoms. The molecular formula is C22H28N2O4S. The predicted octanol–water partition coefficient (Wildman–Crippen LogP) is 2.36. The maximum Gasteiger partial charge on any atom is 0.249 e. The van der Waals surface area contributed by atoms with Crippen LogP contribution < -0.4 is 5.73 Å². The summed E-state index contributed by atoms with van der Waals surface area (Å²) >= 11 is 1.64. The highest BCUT2D eigenvalue weighted by Crippen LogP contribution is 2.42. The van der Waals surface area contributed by atoms with Crippen LogP contribution in [0.5, 0.6) is 0 Å². The van der Waals surface area contributed by atoms with Gasteiger partial charge in [0.15, 0.2) is 5.78 Å². The minimum atomic E-state index is -0.518. The van der Waals surface area contributed by atoms with Gasteiger partial charge in [0.05, 0.1) is 17.3 Å². The number of benzene rings is 1. The summed E-state index contributed by atoms with van der Waals surface area (Å²) in [5, 5.41) is 0.0915. The summed E-state index contributed by atoms with van der Waals surface area (Å²) in [5.74, 6) is -0.896. The van der Waals surface area contributed by atoms with Crippen molar-refractivity contribution in [3.05, 3.63) is 35.4 Å². The number of carbonyl (C=O) groups excluding carboxylic acids is 3. The van der Waals surface area contributed by atoms with Crippen molar-refractivity contribution in [2.45, 2.75) is 55.4 Å². The quantitative estimate of drug-likeness (QED) is 0.796. The first-order chi connectivity index (χ1) is 14.0. The molecule has 2 saturated heterocycles. The Morgan fingerprint density at radius 2 is 1.93 bits per heavy atom. The van der Waals surface area contributed by atoms with Gasteiger partial charge in [-0.05, 0) is 36.6 Å². The SMILES string of the molecule is CS[C@H]1CN(C(=O)[C@H](c2ccccc2C(N)=O)C2CCCCC2)[C@@H]2C(=O)CO[C@H]12. The number of fused-ring (bicyclic) bond motifs is 1. The fourth-order valence-electron chi connectivity index (χ4n) is 5.27. The van der Waals surface area contributed by atoms with Crippen molar-refractivity contribution >= 4 is 29.4 Å². The third kappa shape index (κ3) is 3.70. The second kappa shape index (κ2) is 8.48. The van der Waals surface area contributed by atoms with E-state index in [2.05, 4.69) is 0 Å². The lowest BCUT2D eigenvalue weighted by Gasteiger charge is -2.34. The zero-order valence-corrected chi connectivity index (χ0v) is 17.5. The Labute approximate surface area is 175 Å². The second-order valence-electron chi connectivity index (χ2n) is 8.28. The van der Waals surface area contributed by atoms with Gasteiger partial charge in [-0.2, -0.15) is 11.8 Å². The number of amides is 2. The van der Waals surface area contributed by atoms with Crippen molar-refractivity contribution in [1.82, 2.24) is 4.90 Å². The number of carbonyl (C=O) groups is 3. The zero-order chi connectivity index (χ0) is 20.5. The Balaban J connectivity index is 1.73. The van der Waals surface area contributed by atoms with E-state index >= 15 is 0 Å². The highest BCUT2D eigenvalue weighted by atomic mass is 32.2. The van der Waals surface area contributed by atoms with E-state index in [0.29, 0.717) is 17.7 Å². The van der Waals surface area contributed by atoms with Crippen molar-refractivity contribution in [2.75, 3.05) is 19.4 Å².